The van der Waals surface area contributed by atoms with Crippen molar-refractivity contribution in [2.75, 3.05) is 24.7 Å². The van der Waals surface area contributed by atoms with Gasteiger partial charge in [0.25, 0.3) is 0 Å². The van der Waals surface area contributed by atoms with Crippen molar-refractivity contribution in [3.8, 4) is 5.88 Å². The standard InChI is InChI=1S/C27H31N5O3S/c1-35-26-7-5-21-27(31-26)20(8-9-28-21)23(33)14-32-18-3-4-19(32)12-17(11-18)29-13-16-2-6-24-22(10-16)30-25(34)15-36-24/h2,5-10,17-19,23,29,33H,3-4,11-15H2,1H3,(H,30,34). The second-order valence-corrected chi connectivity index (χ2v) is 11.0. The Bertz CT molecular complexity index is 1270. The molecule has 3 aliphatic heterocycles. The highest BCUT2D eigenvalue weighted by atomic mass is 32.2. The highest BCUT2D eigenvalue weighted by Gasteiger charge is 2.41. The maximum absolute atomic E-state index is 11.7. The van der Waals surface area contributed by atoms with E-state index in [-0.39, 0.29) is 5.91 Å². The van der Waals surface area contributed by atoms with Crippen LogP contribution < -0.4 is 15.4 Å². The number of hydrogen-bond acceptors (Lipinski definition) is 8. The van der Waals surface area contributed by atoms with Gasteiger partial charge in [-0.2, -0.15) is 0 Å². The predicted octanol–water partition coefficient (Wildman–Crippen LogP) is 3.50. The molecular weight excluding hydrogens is 474 g/mol. The lowest BCUT2D eigenvalue weighted by Crippen LogP contribution is -2.50. The summed E-state index contributed by atoms with van der Waals surface area (Å²) in [5.74, 6) is 1.08. The van der Waals surface area contributed by atoms with Gasteiger partial charge in [-0.05, 0) is 55.5 Å². The van der Waals surface area contributed by atoms with E-state index in [1.807, 2.05) is 12.1 Å². The third-order valence-corrected chi connectivity index (χ3v) is 8.77. The van der Waals surface area contributed by atoms with Gasteiger partial charge < -0.3 is 20.5 Å². The summed E-state index contributed by atoms with van der Waals surface area (Å²) in [6.07, 6.45) is 5.59. The van der Waals surface area contributed by atoms with Crippen LogP contribution in [0.5, 0.6) is 5.88 Å². The van der Waals surface area contributed by atoms with Crippen molar-refractivity contribution in [1.82, 2.24) is 20.2 Å². The summed E-state index contributed by atoms with van der Waals surface area (Å²) >= 11 is 1.59. The number of thioether (sulfide) groups is 1. The first-order valence-electron chi connectivity index (χ1n) is 12.6. The van der Waals surface area contributed by atoms with Crippen LogP contribution in [0.1, 0.15) is 42.9 Å². The van der Waals surface area contributed by atoms with Gasteiger partial charge in [-0.25, -0.2) is 4.98 Å². The fourth-order valence-electron chi connectivity index (χ4n) is 5.95. The second-order valence-electron chi connectivity index (χ2n) is 9.94. The molecule has 1 amide bonds. The van der Waals surface area contributed by atoms with E-state index >= 15 is 0 Å². The van der Waals surface area contributed by atoms with Crippen molar-refractivity contribution >= 4 is 34.4 Å². The van der Waals surface area contributed by atoms with Crippen LogP contribution >= 0.6 is 11.8 Å². The molecule has 0 radical (unpaired) electrons. The number of aliphatic hydroxyl groups excluding tert-OH is 1. The number of fused-ring (bicyclic) bond motifs is 4. The highest BCUT2D eigenvalue weighted by Crippen LogP contribution is 2.38. The monoisotopic (exact) mass is 505 g/mol. The number of aliphatic hydroxyl groups is 1. The molecule has 3 unspecified atom stereocenters. The summed E-state index contributed by atoms with van der Waals surface area (Å²) in [6.45, 7) is 1.39. The zero-order valence-corrected chi connectivity index (χ0v) is 21.1. The predicted molar refractivity (Wildman–Crippen MR) is 140 cm³/mol. The number of rotatable bonds is 7. The van der Waals surface area contributed by atoms with Gasteiger partial charge in [-0.15, -0.1) is 11.8 Å². The van der Waals surface area contributed by atoms with Crippen LogP contribution in [0.3, 0.4) is 0 Å². The van der Waals surface area contributed by atoms with Gasteiger partial charge in [-0.1, -0.05) is 6.07 Å². The molecule has 0 aliphatic carbocycles. The summed E-state index contributed by atoms with van der Waals surface area (Å²) < 4.78 is 5.29. The van der Waals surface area contributed by atoms with E-state index in [4.69, 9.17) is 4.74 Å². The molecule has 3 aliphatic rings. The molecule has 3 aromatic rings. The number of benzene rings is 1. The Hall–Kier alpha value is -2.72. The van der Waals surface area contributed by atoms with Gasteiger partial charge >= 0.3 is 0 Å². The zero-order valence-electron chi connectivity index (χ0n) is 20.3. The Morgan fingerprint density at radius 3 is 2.86 bits per heavy atom. The summed E-state index contributed by atoms with van der Waals surface area (Å²) in [6, 6.07) is 13.3. The van der Waals surface area contributed by atoms with Crippen LogP contribution in [-0.2, 0) is 11.3 Å². The molecule has 5 heterocycles. The number of ether oxygens (including phenoxy) is 1. The largest absolute Gasteiger partial charge is 0.481 e. The number of nitrogens with one attached hydrogen (secondary N) is 2. The fraction of sp³-hybridized carbons (Fsp3) is 0.444. The molecule has 9 heteroatoms. The van der Waals surface area contributed by atoms with E-state index in [1.165, 1.54) is 18.4 Å². The Labute approximate surface area is 214 Å². The number of pyridine rings is 2. The summed E-state index contributed by atoms with van der Waals surface area (Å²) in [5, 5.41) is 18.0. The molecular formula is C27H31N5O3S. The lowest BCUT2D eigenvalue weighted by molar-refractivity contribution is -0.113. The molecule has 0 saturated carbocycles. The molecule has 2 aromatic heterocycles. The number of aromatic nitrogens is 2. The van der Waals surface area contributed by atoms with E-state index in [2.05, 4.69) is 43.7 Å². The summed E-state index contributed by atoms with van der Waals surface area (Å²) in [7, 11) is 1.60. The molecule has 36 heavy (non-hydrogen) atoms. The Morgan fingerprint density at radius 2 is 2.06 bits per heavy atom. The lowest BCUT2D eigenvalue weighted by atomic mass is 9.95. The minimum absolute atomic E-state index is 0.0680. The van der Waals surface area contributed by atoms with Crippen LogP contribution in [0.2, 0.25) is 0 Å². The molecule has 6 rings (SSSR count). The quantitative estimate of drug-likeness (QED) is 0.449. The molecule has 1 aromatic carbocycles. The maximum atomic E-state index is 11.7. The van der Waals surface area contributed by atoms with E-state index in [9.17, 15) is 9.90 Å². The number of carbonyl (C=O) groups excluding carboxylic acids is 1. The summed E-state index contributed by atoms with van der Waals surface area (Å²) in [4.78, 5) is 24.3. The first-order valence-corrected chi connectivity index (χ1v) is 13.6. The highest BCUT2D eigenvalue weighted by molar-refractivity contribution is 8.00. The van der Waals surface area contributed by atoms with Gasteiger partial charge in [0.15, 0.2) is 0 Å². The van der Waals surface area contributed by atoms with E-state index in [1.54, 1.807) is 31.1 Å². The Balaban J connectivity index is 1.09. The van der Waals surface area contributed by atoms with Crippen molar-refractivity contribution < 1.29 is 14.6 Å². The second kappa shape index (κ2) is 9.97. The van der Waals surface area contributed by atoms with Crippen LogP contribution in [0, 0.1) is 0 Å². The number of amides is 1. The first kappa shape index (κ1) is 23.7. The van der Waals surface area contributed by atoms with Gasteiger partial charge in [0.2, 0.25) is 11.8 Å². The normalized spacial score (nSPS) is 24.4. The number of nitrogens with zero attached hydrogens (tertiary/aromatic N) is 3. The molecule has 8 nitrogen and oxygen atoms in total. The van der Waals surface area contributed by atoms with Crippen molar-refractivity contribution in [1.29, 1.82) is 0 Å². The van der Waals surface area contributed by atoms with Crippen LogP contribution in [0.15, 0.2) is 47.5 Å². The molecule has 3 N–H and O–H groups in total. The Morgan fingerprint density at radius 1 is 1.22 bits per heavy atom. The minimum atomic E-state index is -0.633. The molecule has 2 bridgehead atoms. The smallest absolute Gasteiger partial charge is 0.234 e. The minimum Gasteiger partial charge on any atom is -0.481 e. The van der Waals surface area contributed by atoms with Crippen molar-refractivity contribution in [2.45, 2.75) is 61.4 Å². The van der Waals surface area contributed by atoms with Crippen molar-refractivity contribution in [3.05, 3.63) is 53.7 Å². The third kappa shape index (κ3) is 4.68. The number of methoxy groups -OCH3 is 1. The number of anilines is 1. The topological polar surface area (TPSA) is 99.6 Å². The van der Waals surface area contributed by atoms with Crippen LogP contribution in [-0.4, -0.2) is 63.4 Å². The van der Waals surface area contributed by atoms with Gasteiger partial charge in [0.05, 0.1) is 35.7 Å². The van der Waals surface area contributed by atoms with Gasteiger partial charge in [0.1, 0.15) is 0 Å². The van der Waals surface area contributed by atoms with Crippen molar-refractivity contribution in [3.63, 3.8) is 0 Å². The van der Waals surface area contributed by atoms with Gasteiger partial charge in [-0.3, -0.25) is 14.7 Å². The molecule has 0 spiro atoms. The van der Waals surface area contributed by atoms with Crippen LogP contribution in [0.25, 0.3) is 11.0 Å². The lowest BCUT2D eigenvalue weighted by Gasteiger charge is -2.40. The number of piperidine rings is 1. The average molecular weight is 506 g/mol. The van der Waals surface area contributed by atoms with Crippen LogP contribution in [0.4, 0.5) is 5.69 Å². The molecule has 2 fully saturated rings. The van der Waals surface area contributed by atoms with Crippen molar-refractivity contribution in [2.24, 2.45) is 0 Å². The third-order valence-electron chi connectivity index (χ3n) is 7.70. The fourth-order valence-corrected chi connectivity index (χ4v) is 6.74. The first-order chi connectivity index (χ1) is 17.6. The SMILES string of the molecule is COc1ccc2nccc(C(O)CN3C4CCC3CC(NCc3ccc5c(c3)NC(=O)CS5)C4)c2n1. The van der Waals surface area contributed by atoms with E-state index < -0.39 is 6.10 Å². The number of hydrogen-bond donors (Lipinski definition) is 3. The average Bonchev–Trinajstić information content (AvgIpc) is 3.12. The zero-order chi connectivity index (χ0) is 24.6. The van der Waals surface area contributed by atoms with Gasteiger partial charge in [0, 0.05) is 53.9 Å². The van der Waals surface area contributed by atoms with E-state index in [0.717, 1.165) is 41.0 Å². The van der Waals surface area contributed by atoms with E-state index in [0.29, 0.717) is 41.8 Å². The molecule has 188 valence electrons. The summed E-state index contributed by atoms with van der Waals surface area (Å²) in [5.41, 5.74) is 4.38. The maximum Gasteiger partial charge on any atom is 0.234 e. The molecule has 2 saturated heterocycles. The molecule has 3 atom stereocenters. The Kier molecular flexibility index (Phi) is 6.55. The number of carbonyl (C=O) groups is 1.